The second-order valence-corrected chi connectivity index (χ2v) is 6.71. The van der Waals surface area contributed by atoms with Crippen molar-refractivity contribution in [2.24, 2.45) is 0 Å². The first-order chi connectivity index (χ1) is 10.7. The smallest absolute Gasteiger partial charge is 0.131 e. The van der Waals surface area contributed by atoms with E-state index in [0.717, 1.165) is 39.1 Å². The van der Waals surface area contributed by atoms with Gasteiger partial charge in [-0.15, -0.1) is 0 Å². The minimum Gasteiger partial charge on any atom is -0.357 e. The highest BCUT2D eigenvalue weighted by Crippen LogP contribution is 2.31. The van der Waals surface area contributed by atoms with Crippen LogP contribution in [0.4, 0.5) is 0 Å². The molecule has 0 aliphatic carbocycles. The van der Waals surface area contributed by atoms with Gasteiger partial charge in [0.25, 0.3) is 0 Å². The minimum absolute atomic E-state index is 0.296. The van der Waals surface area contributed by atoms with Crippen molar-refractivity contribution >= 4 is 16.7 Å². The SMILES string of the molecule is CC(=O)CCN1CCN2Cc3[nH]c4ccccc4c3CC2C1. The van der Waals surface area contributed by atoms with Crippen LogP contribution in [-0.2, 0) is 17.8 Å². The zero-order chi connectivity index (χ0) is 15.1. The molecule has 0 spiro atoms. The van der Waals surface area contributed by atoms with Gasteiger partial charge in [0.2, 0.25) is 0 Å². The molecule has 2 aliphatic heterocycles. The largest absolute Gasteiger partial charge is 0.357 e. The van der Waals surface area contributed by atoms with Gasteiger partial charge in [-0.3, -0.25) is 9.69 Å². The Morgan fingerprint density at radius 3 is 3.05 bits per heavy atom. The molecule has 2 aromatic rings. The first kappa shape index (κ1) is 14.0. The Morgan fingerprint density at radius 1 is 1.32 bits per heavy atom. The molecule has 4 heteroatoms. The van der Waals surface area contributed by atoms with Crippen LogP contribution < -0.4 is 0 Å². The number of nitrogens with one attached hydrogen (secondary N) is 1. The third-order valence-electron chi connectivity index (χ3n) is 5.17. The molecule has 0 radical (unpaired) electrons. The summed E-state index contributed by atoms with van der Waals surface area (Å²) in [5.41, 5.74) is 4.17. The van der Waals surface area contributed by atoms with E-state index in [2.05, 4.69) is 39.0 Å². The molecule has 1 saturated heterocycles. The van der Waals surface area contributed by atoms with Crippen molar-refractivity contribution in [3.05, 3.63) is 35.5 Å². The van der Waals surface area contributed by atoms with Crippen molar-refractivity contribution < 1.29 is 4.79 Å². The summed E-state index contributed by atoms with van der Waals surface area (Å²) in [4.78, 5) is 19.9. The third-order valence-corrected chi connectivity index (χ3v) is 5.17. The lowest BCUT2D eigenvalue weighted by molar-refractivity contribution is -0.117. The molecule has 1 fully saturated rings. The van der Waals surface area contributed by atoms with Crippen LogP contribution in [0.25, 0.3) is 10.9 Å². The Labute approximate surface area is 131 Å². The van der Waals surface area contributed by atoms with E-state index in [-0.39, 0.29) is 0 Å². The maximum atomic E-state index is 11.2. The molecule has 4 rings (SSSR count). The lowest BCUT2D eigenvalue weighted by Gasteiger charge is -2.43. The number of ketones is 1. The second-order valence-electron chi connectivity index (χ2n) is 6.71. The van der Waals surface area contributed by atoms with Crippen LogP contribution in [0.5, 0.6) is 0 Å². The van der Waals surface area contributed by atoms with Crippen molar-refractivity contribution in [3.8, 4) is 0 Å². The highest BCUT2D eigenvalue weighted by Gasteiger charge is 2.32. The maximum absolute atomic E-state index is 11.2. The molecular formula is C18H23N3O. The number of hydrogen-bond acceptors (Lipinski definition) is 3. The fraction of sp³-hybridized carbons (Fsp3) is 0.500. The van der Waals surface area contributed by atoms with Gasteiger partial charge in [-0.25, -0.2) is 0 Å². The normalized spacial score (nSPS) is 22.5. The van der Waals surface area contributed by atoms with E-state index >= 15 is 0 Å². The number of fused-ring (bicyclic) bond motifs is 4. The number of H-pyrrole nitrogens is 1. The van der Waals surface area contributed by atoms with Gasteiger partial charge in [-0.2, -0.15) is 0 Å². The molecule has 0 bridgehead atoms. The summed E-state index contributed by atoms with van der Waals surface area (Å²) < 4.78 is 0. The van der Waals surface area contributed by atoms with Gasteiger partial charge in [0.05, 0.1) is 0 Å². The van der Waals surface area contributed by atoms with E-state index < -0.39 is 0 Å². The number of para-hydroxylation sites is 1. The van der Waals surface area contributed by atoms with Gasteiger partial charge in [0, 0.05) is 61.8 Å². The van der Waals surface area contributed by atoms with E-state index in [4.69, 9.17) is 0 Å². The Bertz CT molecular complexity index is 705. The number of hydrogen-bond donors (Lipinski definition) is 1. The lowest BCUT2D eigenvalue weighted by atomic mass is 9.94. The number of Topliss-reactive ketones (excluding diaryl/α,β-unsaturated/α-hetero) is 1. The molecular weight excluding hydrogens is 274 g/mol. The van der Waals surface area contributed by atoms with Gasteiger partial charge < -0.3 is 9.88 Å². The van der Waals surface area contributed by atoms with E-state index in [1.165, 1.54) is 22.2 Å². The second kappa shape index (κ2) is 5.52. The molecule has 4 nitrogen and oxygen atoms in total. The van der Waals surface area contributed by atoms with Crippen LogP contribution in [0.2, 0.25) is 0 Å². The summed E-state index contributed by atoms with van der Waals surface area (Å²) in [7, 11) is 0. The molecule has 0 saturated carbocycles. The summed E-state index contributed by atoms with van der Waals surface area (Å²) in [5, 5.41) is 1.39. The molecule has 1 atom stereocenters. The zero-order valence-corrected chi connectivity index (χ0v) is 13.1. The molecule has 1 aromatic heterocycles. The first-order valence-corrected chi connectivity index (χ1v) is 8.25. The summed E-state index contributed by atoms with van der Waals surface area (Å²) in [6.07, 6.45) is 1.81. The number of piperazine rings is 1. The van der Waals surface area contributed by atoms with Crippen LogP contribution in [0.3, 0.4) is 0 Å². The Balaban J connectivity index is 1.54. The summed E-state index contributed by atoms with van der Waals surface area (Å²) >= 11 is 0. The summed E-state index contributed by atoms with van der Waals surface area (Å²) in [6, 6.07) is 9.22. The predicted octanol–water partition coefficient (Wildman–Crippen LogP) is 2.19. The highest BCUT2D eigenvalue weighted by molar-refractivity contribution is 5.84. The molecule has 3 heterocycles. The zero-order valence-electron chi connectivity index (χ0n) is 13.1. The average molecular weight is 297 g/mol. The molecule has 1 aromatic carbocycles. The topological polar surface area (TPSA) is 39.3 Å². The number of rotatable bonds is 3. The van der Waals surface area contributed by atoms with Crippen LogP contribution in [0.15, 0.2) is 24.3 Å². The summed E-state index contributed by atoms with van der Waals surface area (Å²) in [5.74, 6) is 0.296. The fourth-order valence-corrected chi connectivity index (χ4v) is 3.94. The molecule has 1 N–H and O–H groups in total. The number of carbonyl (C=O) groups is 1. The Kier molecular flexibility index (Phi) is 3.51. The Hall–Kier alpha value is -1.65. The van der Waals surface area contributed by atoms with Crippen LogP contribution in [0, 0.1) is 0 Å². The van der Waals surface area contributed by atoms with Crippen molar-refractivity contribution in [2.75, 3.05) is 26.2 Å². The van der Waals surface area contributed by atoms with Crippen LogP contribution in [-0.4, -0.2) is 52.8 Å². The molecule has 22 heavy (non-hydrogen) atoms. The third kappa shape index (κ3) is 2.46. The Morgan fingerprint density at radius 2 is 2.18 bits per heavy atom. The van der Waals surface area contributed by atoms with E-state index in [1.807, 2.05) is 0 Å². The van der Waals surface area contributed by atoms with E-state index in [0.29, 0.717) is 18.2 Å². The van der Waals surface area contributed by atoms with Gasteiger partial charge >= 0.3 is 0 Å². The molecule has 1 unspecified atom stereocenters. The number of benzene rings is 1. The quantitative estimate of drug-likeness (QED) is 0.944. The number of carbonyl (C=O) groups excluding carboxylic acids is 1. The number of aromatic amines is 1. The van der Waals surface area contributed by atoms with Crippen LogP contribution in [0.1, 0.15) is 24.6 Å². The van der Waals surface area contributed by atoms with Gasteiger partial charge in [0.1, 0.15) is 5.78 Å². The van der Waals surface area contributed by atoms with Gasteiger partial charge in [-0.05, 0) is 25.0 Å². The monoisotopic (exact) mass is 297 g/mol. The highest BCUT2D eigenvalue weighted by atomic mass is 16.1. The van der Waals surface area contributed by atoms with Crippen molar-refractivity contribution in [3.63, 3.8) is 0 Å². The standard InChI is InChI=1S/C18H23N3O/c1-13(22)6-7-20-8-9-21-12-18-16(10-14(21)11-20)15-4-2-3-5-17(15)19-18/h2-5,14,19H,6-12H2,1H3. The van der Waals surface area contributed by atoms with Gasteiger partial charge in [-0.1, -0.05) is 18.2 Å². The number of nitrogens with zero attached hydrogens (tertiary/aromatic N) is 2. The molecule has 0 amide bonds. The average Bonchev–Trinajstić information content (AvgIpc) is 2.88. The fourth-order valence-electron chi connectivity index (χ4n) is 3.94. The van der Waals surface area contributed by atoms with E-state index in [9.17, 15) is 4.79 Å². The van der Waals surface area contributed by atoms with Crippen molar-refractivity contribution in [2.45, 2.75) is 32.4 Å². The molecule has 116 valence electrons. The maximum Gasteiger partial charge on any atom is 0.131 e. The predicted molar refractivity (Wildman–Crippen MR) is 87.9 cm³/mol. The minimum atomic E-state index is 0.296. The number of aromatic nitrogens is 1. The summed E-state index contributed by atoms with van der Waals surface area (Å²) in [6.45, 7) is 6.92. The van der Waals surface area contributed by atoms with Crippen LogP contribution >= 0.6 is 0 Å². The molecule has 2 aliphatic rings. The van der Waals surface area contributed by atoms with Gasteiger partial charge in [0.15, 0.2) is 0 Å². The van der Waals surface area contributed by atoms with Crippen molar-refractivity contribution in [1.82, 2.24) is 14.8 Å². The lowest BCUT2D eigenvalue weighted by Crippen LogP contribution is -2.55. The van der Waals surface area contributed by atoms with Crippen molar-refractivity contribution in [1.29, 1.82) is 0 Å². The van der Waals surface area contributed by atoms with E-state index in [1.54, 1.807) is 6.92 Å². The first-order valence-electron chi connectivity index (χ1n) is 8.25.